The van der Waals surface area contributed by atoms with Crippen LogP contribution in [0.25, 0.3) is 0 Å². The number of aliphatic hydroxyl groups is 1. The Bertz CT molecular complexity index is 739. The van der Waals surface area contributed by atoms with Gasteiger partial charge in [-0.05, 0) is 36.8 Å². The summed E-state index contributed by atoms with van der Waals surface area (Å²) in [6.07, 6.45) is 3.18. The number of amides is 1. The van der Waals surface area contributed by atoms with Crippen molar-refractivity contribution in [1.82, 2.24) is 15.1 Å². The van der Waals surface area contributed by atoms with Crippen LogP contribution in [0.3, 0.4) is 0 Å². The molecule has 2 fully saturated rings. The fourth-order valence-electron chi connectivity index (χ4n) is 4.52. The van der Waals surface area contributed by atoms with Gasteiger partial charge in [-0.2, -0.15) is 0 Å². The Morgan fingerprint density at radius 2 is 2.04 bits per heavy atom. The maximum Gasteiger partial charge on any atom is 0.251 e. The van der Waals surface area contributed by atoms with E-state index in [1.807, 2.05) is 23.1 Å². The quantitative estimate of drug-likeness (QED) is 0.591. The monoisotopic (exact) mass is 386 g/mol. The normalized spacial score (nSPS) is 27.8. The largest absolute Gasteiger partial charge is 0.383 e. The Morgan fingerprint density at radius 1 is 1.29 bits per heavy atom. The van der Waals surface area contributed by atoms with Crippen molar-refractivity contribution >= 4 is 11.9 Å². The minimum Gasteiger partial charge on any atom is -0.383 e. The second kappa shape index (κ2) is 8.09. The number of hydrogen-bond donors (Lipinski definition) is 2. The van der Waals surface area contributed by atoms with Crippen LogP contribution in [0.5, 0.6) is 0 Å². The van der Waals surface area contributed by atoms with E-state index >= 15 is 0 Å². The van der Waals surface area contributed by atoms with Gasteiger partial charge in [0.2, 0.25) is 0 Å². The molecule has 28 heavy (non-hydrogen) atoms. The number of fused-ring (bicyclic) bond motifs is 1. The van der Waals surface area contributed by atoms with Gasteiger partial charge in [0.15, 0.2) is 5.96 Å². The van der Waals surface area contributed by atoms with Crippen LogP contribution in [0.4, 0.5) is 0 Å². The number of piperazine rings is 1. The maximum atomic E-state index is 12.5. The number of ether oxygens (including phenoxy) is 1. The van der Waals surface area contributed by atoms with E-state index in [0.29, 0.717) is 26.2 Å². The minimum absolute atomic E-state index is 0.122. The number of carbonyl (C=O) groups is 1. The van der Waals surface area contributed by atoms with Crippen LogP contribution in [-0.2, 0) is 21.6 Å². The third-order valence-electron chi connectivity index (χ3n) is 6.17. The van der Waals surface area contributed by atoms with Crippen LogP contribution in [0, 0.1) is 0 Å². The molecule has 7 heteroatoms. The number of nitrogens with zero attached hydrogens (tertiary/aromatic N) is 3. The topological polar surface area (TPSA) is 77.4 Å². The van der Waals surface area contributed by atoms with Gasteiger partial charge in [-0.15, -0.1) is 0 Å². The van der Waals surface area contributed by atoms with Crippen molar-refractivity contribution in [3.63, 3.8) is 0 Å². The lowest BCUT2D eigenvalue weighted by Gasteiger charge is -2.38. The second-order valence-electron chi connectivity index (χ2n) is 7.90. The lowest BCUT2D eigenvalue weighted by Crippen LogP contribution is -2.56. The third-order valence-corrected chi connectivity index (χ3v) is 6.17. The summed E-state index contributed by atoms with van der Waals surface area (Å²) in [4.78, 5) is 21.0. The predicted molar refractivity (Wildman–Crippen MR) is 107 cm³/mol. The molecule has 0 aromatic heterocycles. The molecule has 1 aliphatic carbocycles. The molecule has 2 heterocycles. The van der Waals surface area contributed by atoms with Gasteiger partial charge in [-0.1, -0.05) is 24.3 Å². The summed E-state index contributed by atoms with van der Waals surface area (Å²) in [5.74, 6) is 0.902. The smallest absolute Gasteiger partial charge is 0.251 e. The Kier molecular flexibility index (Phi) is 5.55. The SMILES string of the molecule is CN=C(NCC1(O)CCc2ccccc21)N1CCN(C(=O)C2CCCO2)CC1. The van der Waals surface area contributed by atoms with Crippen LogP contribution < -0.4 is 5.32 Å². The van der Waals surface area contributed by atoms with Crippen LogP contribution in [-0.4, -0.2) is 79.3 Å². The van der Waals surface area contributed by atoms with E-state index in [-0.39, 0.29) is 12.0 Å². The van der Waals surface area contributed by atoms with E-state index in [9.17, 15) is 9.90 Å². The first-order valence-corrected chi connectivity index (χ1v) is 10.3. The molecule has 1 aromatic carbocycles. The van der Waals surface area contributed by atoms with Crippen molar-refractivity contribution in [3.05, 3.63) is 35.4 Å². The van der Waals surface area contributed by atoms with Crippen molar-refractivity contribution in [2.24, 2.45) is 4.99 Å². The molecule has 7 nitrogen and oxygen atoms in total. The Labute approximate surface area is 166 Å². The number of carbonyl (C=O) groups excluding carboxylic acids is 1. The molecule has 4 rings (SSSR count). The van der Waals surface area contributed by atoms with E-state index in [0.717, 1.165) is 50.3 Å². The van der Waals surface area contributed by atoms with Gasteiger partial charge in [0.05, 0.1) is 6.54 Å². The highest BCUT2D eigenvalue weighted by Gasteiger charge is 2.37. The summed E-state index contributed by atoms with van der Waals surface area (Å²) < 4.78 is 5.53. The summed E-state index contributed by atoms with van der Waals surface area (Å²) in [5.41, 5.74) is 1.39. The zero-order valence-electron chi connectivity index (χ0n) is 16.6. The highest BCUT2D eigenvalue weighted by atomic mass is 16.5. The number of aryl methyl sites for hydroxylation is 1. The van der Waals surface area contributed by atoms with Crippen molar-refractivity contribution < 1.29 is 14.6 Å². The third kappa shape index (κ3) is 3.73. The number of benzene rings is 1. The molecule has 3 aliphatic rings. The van der Waals surface area contributed by atoms with Gasteiger partial charge < -0.3 is 25.0 Å². The molecule has 2 aliphatic heterocycles. The van der Waals surface area contributed by atoms with E-state index < -0.39 is 5.60 Å². The zero-order valence-corrected chi connectivity index (χ0v) is 16.6. The molecule has 2 N–H and O–H groups in total. The molecule has 0 bridgehead atoms. The lowest BCUT2D eigenvalue weighted by atomic mass is 9.96. The molecular weight excluding hydrogens is 356 g/mol. The number of nitrogens with one attached hydrogen (secondary N) is 1. The van der Waals surface area contributed by atoms with Gasteiger partial charge in [0, 0.05) is 39.8 Å². The molecule has 1 aromatic rings. The maximum absolute atomic E-state index is 12.5. The summed E-state index contributed by atoms with van der Waals surface area (Å²) >= 11 is 0. The summed E-state index contributed by atoms with van der Waals surface area (Å²) in [7, 11) is 1.76. The Hall–Kier alpha value is -2.12. The molecule has 0 spiro atoms. The van der Waals surface area contributed by atoms with E-state index in [2.05, 4.69) is 21.3 Å². The average Bonchev–Trinajstić information content (AvgIpc) is 3.38. The molecule has 2 unspecified atom stereocenters. The van der Waals surface area contributed by atoms with Crippen molar-refractivity contribution in [2.45, 2.75) is 37.4 Å². The molecule has 0 saturated carbocycles. The molecule has 2 saturated heterocycles. The molecular formula is C21H30N4O3. The minimum atomic E-state index is -0.857. The number of guanidine groups is 1. The van der Waals surface area contributed by atoms with Crippen LogP contribution in [0.2, 0.25) is 0 Å². The van der Waals surface area contributed by atoms with Crippen molar-refractivity contribution in [3.8, 4) is 0 Å². The Balaban J connectivity index is 1.31. The first-order valence-electron chi connectivity index (χ1n) is 10.3. The summed E-state index contributed by atoms with van der Waals surface area (Å²) in [6.45, 7) is 3.93. The van der Waals surface area contributed by atoms with Crippen molar-refractivity contribution in [1.29, 1.82) is 0 Å². The van der Waals surface area contributed by atoms with E-state index in [1.165, 1.54) is 5.56 Å². The Morgan fingerprint density at radius 3 is 2.75 bits per heavy atom. The standard InChI is InChI=1S/C21H30N4O3/c1-22-20(23-15-21(27)9-8-16-5-2-3-6-17(16)21)25-12-10-24(11-13-25)19(26)18-7-4-14-28-18/h2-3,5-6,18,27H,4,7-15H2,1H3,(H,22,23). The van der Waals surface area contributed by atoms with Crippen LogP contribution in [0.15, 0.2) is 29.3 Å². The second-order valence-corrected chi connectivity index (χ2v) is 7.90. The highest BCUT2D eigenvalue weighted by molar-refractivity contribution is 5.83. The predicted octanol–water partition coefficient (Wildman–Crippen LogP) is 0.719. The lowest BCUT2D eigenvalue weighted by molar-refractivity contribution is -0.142. The number of aliphatic imine (C=N–C) groups is 1. The van der Waals surface area contributed by atoms with Gasteiger partial charge in [0.25, 0.3) is 5.91 Å². The van der Waals surface area contributed by atoms with E-state index in [1.54, 1.807) is 7.05 Å². The van der Waals surface area contributed by atoms with Gasteiger partial charge >= 0.3 is 0 Å². The molecule has 1 amide bonds. The first-order chi connectivity index (χ1) is 13.6. The molecule has 2 atom stereocenters. The number of hydrogen-bond acceptors (Lipinski definition) is 4. The van der Waals surface area contributed by atoms with Crippen molar-refractivity contribution in [2.75, 3.05) is 46.4 Å². The number of rotatable bonds is 3. The first kappa shape index (κ1) is 19.2. The highest BCUT2D eigenvalue weighted by Crippen LogP contribution is 2.36. The van der Waals surface area contributed by atoms with Crippen LogP contribution >= 0.6 is 0 Å². The summed E-state index contributed by atoms with van der Waals surface area (Å²) in [6, 6.07) is 8.11. The van der Waals surface area contributed by atoms with Gasteiger partial charge in [-0.25, -0.2) is 0 Å². The molecule has 0 radical (unpaired) electrons. The zero-order chi connectivity index (χ0) is 19.6. The molecule has 152 valence electrons. The fraction of sp³-hybridized carbons (Fsp3) is 0.619. The van der Waals surface area contributed by atoms with Gasteiger partial charge in [-0.3, -0.25) is 9.79 Å². The van der Waals surface area contributed by atoms with Crippen LogP contribution in [0.1, 0.15) is 30.4 Å². The average molecular weight is 386 g/mol. The van der Waals surface area contributed by atoms with E-state index in [4.69, 9.17) is 4.74 Å². The fourth-order valence-corrected chi connectivity index (χ4v) is 4.52. The van der Waals surface area contributed by atoms with Gasteiger partial charge in [0.1, 0.15) is 11.7 Å². The summed E-state index contributed by atoms with van der Waals surface area (Å²) in [5, 5.41) is 14.5.